The van der Waals surface area contributed by atoms with Crippen LogP contribution < -0.4 is 0 Å². The Morgan fingerprint density at radius 2 is 2.23 bits per heavy atom. The second-order valence-corrected chi connectivity index (χ2v) is 4.37. The molecule has 1 aliphatic rings. The van der Waals surface area contributed by atoms with E-state index in [4.69, 9.17) is 5.11 Å². The van der Waals surface area contributed by atoms with Crippen LogP contribution in [0.3, 0.4) is 0 Å². The van der Waals surface area contributed by atoms with E-state index in [1.165, 1.54) is 0 Å². The van der Waals surface area contributed by atoms with Gasteiger partial charge in [0.25, 0.3) is 0 Å². The van der Waals surface area contributed by atoms with Gasteiger partial charge in [0.15, 0.2) is 0 Å². The molecule has 1 rings (SSSR count). The van der Waals surface area contributed by atoms with Crippen molar-refractivity contribution in [3.63, 3.8) is 0 Å². The first kappa shape index (κ1) is 10.5. The van der Waals surface area contributed by atoms with E-state index in [-0.39, 0.29) is 11.6 Å². The monoisotopic (exact) mass is 185 g/mol. The van der Waals surface area contributed by atoms with E-state index in [0.717, 1.165) is 19.4 Å². The standard InChI is InChI=1S/C10H19NO2/c1-4-8(9(12)13)11-7-5-6-10(11,2)3/h8H,4-7H2,1-3H3,(H,12,13). The summed E-state index contributed by atoms with van der Waals surface area (Å²) in [7, 11) is 0. The molecule has 1 saturated heterocycles. The van der Waals surface area contributed by atoms with E-state index in [1.807, 2.05) is 6.92 Å². The van der Waals surface area contributed by atoms with Gasteiger partial charge in [-0.25, -0.2) is 0 Å². The number of aliphatic carboxylic acids is 1. The first-order valence-corrected chi connectivity index (χ1v) is 4.98. The molecule has 1 aliphatic heterocycles. The molecule has 1 fully saturated rings. The van der Waals surface area contributed by atoms with Crippen molar-refractivity contribution in [3.05, 3.63) is 0 Å². The van der Waals surface area contributed by atoms with Gasteiger partial charge >= 0.3 is 5.97 Å². The van der Waals surface area contributed by atoms with E-state index < -0.39 is 5.97 Å². The fraction of sp³-hybridized carbons (Fsp3) is 0.900. The average Bonchev–Trinajstić information content (AvgIpc) is 2.32. The SMILES string of the molecule is CCC(C(=O)O)N1CCCC1(C)C. The van der Waals surface area contributed by atoms with Crippen LogP contribution in [-0.4, -0.2) is 34.1 Å². The largest absolute Gasteiger partial charge is 0.480 e. The summed E-state index contributed by atoms with van der Waals surface area (Å²) in [6, 6.07) is -0.294. The zero-order valence-corrected chi connectivity index (χ0v) is 8.71. The van der Waals surface area contributed by atoms with E-state index in [2.05, 4.69) is 18.7 Å². The fourth-order valence-corrected chi connectivity index (χ4v) is 2.23. The van der Waals surface area contributed by atoms with Crippen LogP contribution in [0.15, 0.2) is 0 Å². The van der Waals surface area contributed by atoms with Gasteiger partial charge in [-0.2, -0.15) is 0 Å². The lowest BCUT2D eigenvalue weighted by atomic mass is 10.00. The fourth-order valence-electron chi connectivity index (χ4n) is 2.23. The molecule has 0 aromatic carbocycles. The second kappa shape index (κ2) is 3.66. The molecule has 1 heterocycles. The predicted octanol–water partition coefficient (Wildman–Crippen LogP) is 1.72. The number of carbonyl (C=O) groups is 1. The number of rotatable bonds is 3. The molecule has 0 aromatic rings. The molecule has 3 heteroatoms. The van der Waals surface area contributed by atoms with Crippen molar-refractivity contribution in [2.75, 3.05) is 6.54 Å². The summed E-state index contributed by atoms with van der Waals surface area (Å²) in [5.74, 6) is -0.683. The topological polar surface area (TPSA) is 40.5 Å². The minimum Gasteiger partial charge on any atom is -0.480 e. The maximum atomic E-state index is 11.0. The average molecular weight is 185 g/mol. The van der Waals surface area contributed by atoms with Crippen LogP contribution in [0.1, 0.15) is 40.0 Å². The first-order chi connectivity index (χ1) is 5.99. The van der Waals surface area contributed by atoms with Gasteiger partial charge in [0.1, 0.15) is 6.04 Å². The van der Waals surface area contributed by atoms with Gasteiger partial charge in [0, 0.05) is 5.54 Å². The van der Waals surface area contributed by atoms with Gasteiger partial charge in [0.2, 0.25) is 0 Å². The third kappa shape index (κ3) is 2.02. The van der Waals surface area contributed by atoms with E-state index in [1.54, 1.807) is 0 Å². The van der Waals surface area contributed by atoms with E-state index in [0.29, 0.717) is 6.42 Å². The number of carboxylic acids is 1. The first-order valence-electron chi connectivity index (χ1n) is 4.98. The van der Waals surface area contributed by atoms with Crippen LogP contribution in [0.4, 0.5) is 0 Å². The molecule has 0 aromatic heterocycles. The van der Waals surface area contributed by atoms with Crippen molar-refractivity contribution in [2.24, 2.45) is 0 Å². The Balaban J connectivity index is 2.74. The van der Waals surface area contributed by atoms with Crippen molar-refractivity contribution in [1.29, 1.82) is 0 Å². The van der Waals surface area contributed by atoms with Crippen LogP contribution >= 0.6 is 0 Å². The minimum absolute atomic E-state index is 0.0685. The predicted molar refractivity (Wildman–Crippen MR) is 51.7 cm³/mol. The van der Waals surface area contributed by atoms with Crippen molar-refractivity contribution in [1.82, 2.24) is 4.90 Å². The smallest absolute Gasteiger partial charge is 0.320 e. The highest BCUT2D eigenvalue weighted by atomic mass is 16.4. The number of hydrogen-bond acceptors (Lipinski definition) is 2. The minimum atomic E-state index is -0.683. The zero-order chi connectivity index (χ0) is 10.1. The molecule has 1 unspecified atom stereocenters. The maximum Gasteiger partial charge on any atom is 0.320 e. The van der Waals surface area contributed by atoms with Crippen LogP contribution in [0.25, 0.3) is 0 Å². The molecule has 0 amide bonds. The van der Waals surface area contributed by atoms with Crippen molar-refractivity contribution < 1.29 is 9.90 Å². The summed E-state index contributed by atoms with van der Waals surface area (Å²) in [6.45, 7) is 7.13. The maximum absolute atomic E-state index is 11.0. The third-order valence-corrected chi connectivity index (χ3v) is 3.01. The molecular weight excluding hydrogens is 166 g/mol. The van der Waals surface area contributed by atoms with Crippen LogP contribution in [-0.2, 0) is 4.79 Å². The lowest BCUT2D eigenvalue weighted by Crippen LogP contribution is -2.48. The molecule has 0 saturated carbocycles. The Labute approximate surface area is 79.7 Å². The highest BCUT2D eigenvalue weighted by molar-refractivity contribution is 5.73. The van der Waals surface area contributed by atoms with Crippen molar-refractivity contribution >= 4 is 5.97 Å². The molecule has 0 radical (unpaired) electrons. The zero-order valence-electron chi connectivity index (χ0n) is 8.71. The molecule has 13 heavy (non-hydrogen) atoms. The van der Waals surface area contributed by atoms with Gasteiger partial charge < -0.3 is 5.11 Å². The summed E-state index contributed by atoms with van der Waals surface area (Å²) in [5.41, 5.74) is 0.0685. The lowest BCUT2D eigenvalue weighted by molar-refractivity contribution is -0.145. The van der Waals surface area contributed by atoms with Gasteiger partial charge in [0.05, 0.1) is 0 Å². The number of nitrogens with zero attached hydrogens (tertiary/aromatic N) is 1. The van der Waals surface area contributed by atoms with Crippen LogP contribution in [0.2, 0.25) is 0 Å². The van der Waals surface area contributed by atoms with E-state index in [9.17, 15) is 4.79 Å². The Bertz CT molecular complexity index is 201. The normalized spacial score (nSPS) is 24.5. The molecule has 0 spiro atoms. The van der Waals surface area contributed by atoms with Crippen LogP contribution in [0, 0.1) is 0 Å². The molecule has 3 nitrogen and oxygen atoms in total. The Morgan fingerprint density at radius 3 is 2.54 bits per heavy atom. The molecule has 76 valence electrons. The van der Waals surface area contributed by atoms with E-state index >= 15 is 0 Å². The summed E-state index contributed by atoms with van der Waals surface area (Å²) in [4.78, 5) is 13.1. The highest BCUT2D eigenvalue weighted by Crippen LogP contribution is 2.31. The number of likely N-dealkylation sites (tertiary alicyclic amines) is 1. The Morgan fingerprint density at radius 1 is 1.62 bits per heavy atom. The van der Waals surface area contributed by atoms with Gasteiger partial charge in [-0.15, -0.1) is 0 Å². The Hall–Kier alpha value is -0.570. The molecular formula is C10H19NO2. The summed E-state index contributed by atoms with van der Waals surface area (Å²) in [5, 5.41) is 9.02. The quantitative estimate of drug-likeness (QED) is 0.728. The molecule has 0 bridgehead atoms. The highest BCUT2D eigenvalue weighted by Gasteiger charge is 2.38. The summed E-state index contributed by atoms with van der Waals surface area (Å²) >= 11 is 0. The van der Waals surface area contributed by atoms with Crippen molar-refractivity contribution in [2.45, 2.75) is 51.6 Å². The summed E-state index contributed by atoms with van der Waals surface area (Å²) < 4.78 is 0. The van der Waals surface area contributed by atoms with Gasteiger partial charge in [-0.05, 0) is 39.7 Å². The molecule has 1 atom stereocenters. The number of hydrogen-bond donors (Lipinski definition) is 1. The number of carboxylic acid groups (broad SMARTS) is 1. The van der Waals surface area contributed by atoms with Gasteiger partial charge in [-0.1, -0.05) is 6.92 Å². The van der Waals surface area contributed by atoms with Crippen molar-refractivity contribution in [3.8, 4) is 0 Å². The third-order valence-electron chi connectivity index (χ3n) is 3.01. The second-order valence-electron chi connectivity index (χ2n) is 4.37. The lowest BCUT2D eigenvalue weighted by Gasteiger charge is -2.35. The van der Waals surface area contributed by atoms with Crippen LogP contribution in [0.5, 0.6) is 0 Å². The Kier molecular flexibility index (Phi) is 2.96. The summed E-state index contributed by atoms with van der Waals surface area (Å²) in [6.07, 6.45) is 2.92. The van der Waals surface area contributed by atoms with Gasteiger partial charge in [-0.3, -0.25) is 9.69 Å². The molecule has 1 N–H and O–H groups in total. The molecule has 0 aliphatic carbocycles.